The third-order valence-electron chi connectivity index (χ3n) is 3.66. The van der Waals surface area contributed by atoms with E-state index in [0.717, 1.165) is 53.5 Å². The van der Waals surface area contributed by atoms with Crippen molar-refractivity contribution in [1.82, 2.24) is 10.2 Å². The van der Waals surface area contributed by atoms with E-state index in [2.05, 4.69) is 38.3 Å². The summed E-state index contributed by atoms with van der Waals surface area (Å²) in [6.45, 7) is 4.93. The summed E-state index contributed by atoms with van der Waals surface area (Å²) in [6.07, 6.45) is 0. The van der Waals surface area contributed by atoms with Gasteiger partial charge in [-0.25, -0.2) is 0 Å². The lowest BCUT2D eigenvalue weighted by molar-refractivity contribution is 0.231. The number of phenolic OH excluding ortho intramolecular Hbond substituents is 1. The van der Waals surface area contributed by atoms with Gasteiger partial charge < -0.3 is 10.4 Å². The molecule has 0 atom stereocenters. The molecule has 0 aromatic heterocycles. The van der Waals surface area contributed by atoms with Crippen LogP contribution in [0.5, 0.6) is 5.75 Å². The van der Waals surface area contributed by atoms with Crippen LogP contribution in [-0.2, 0) is 6.54 Å². The van der Waals surface area contributed by atoms with E-state index in [-0.39, 0.29) is 0 Å². The Labute approximate surface area is 121 Å². The Bertz CT molecular complexity index is 594. The monoisotopic (exact) mass is 320 g/mol. The van der Waals surface area contributed by atoms with Crippen molar-refractivity contribution < 1.29 is 5.11 Å². The Hall–Kier alpha value is -1.10. The van der Waals surface area contributed by atoms with Crippen molar-refractivity contribution in [2.45, 2.75) is 6.54 Å². The van der Waals surface area contributed by atoms with Crippen LogP contribution < -0.4 is 5.32 Å². The molecule has 4 heteroatoms. The van der Waals surface area contributed by atoms with Crippen LogP contribution in [0.4, 0.5) is 0 Å². The highest BCUT2D eigenvalue weighted by molar-refractivity contribution is 9.10. The van der Waals surface area contributed by atoms with Gasteiger partial charge in [-0.15, -0.1) is 0 Å². The van der Waals surface area contributed by atoms with Crippen LogP contribution in [0.25, 0.3) is 10.8 Å². The molecule has 0 amide bonds. The van der Waals surface area contributed by atoms with E-state index in [0.29, 0.717) is 5.75 Å². The number of halogens is 1. The van der Waals surface area contributed by atoms with Gasteiger partial charge in [0.25, 0.3) is 0 Å². The molecule has 100 valence electrons. The van der Waals surface area contributed by atoms with Crippen molar-refractivity contribution >= 4 is 26.7 Å². The zero-order chi connectivity index (χ0) is 13.2. The van der Waals surface area contributed by atoms with E-state index >= 15 is 0 Å². The number of phenols is 1. The first-order valence-electron chi connectivity index (χ1n) is 6.57. The van der Waals surface area contributed by atoms with Gasteiger partial charge in [0.15, 0.2) is 0 Å². The number of aromatic hydroxyl groups is 1. The largest absolute Gasteiger partial charge is 0.508 e. The summed E-state index contributed by atoms with van der Waals surface area (Å²) >= 11 is 3.49. The first-order chi connectivity index (χ1) is 9.24. The number of hydrogen-bond acceptors (Lipinski definition) is 3. The van der Waals surface area contributed by atoms with Crippen molar-refractivity contribution in [1.29, 1.82) is 0 Å². The molecule has 1 fully saturated rings. The molecule has 1 heterocycles. The molecule has 2 aromatic carbocycles. The average Bonchev–Trinajstić information content (AvgIpc) is 2.43. The molecule has 19 heavy (non-hydrogen) atoms. The van der Waals surface area contributed by atoms with Crippen LogP contribution in [0.1, 0.15) is 5.56 Å². The fraction of sp³-hybridized carbons (Fsp3) is 0.333. The van der Waals surface area contributed by atoms with Gasteiger partial charge in [0, 0.05) is 42.8 Å². The Balaban J connectivity index is 1.98. The average molecular weight is 321 g/mol. The summed E-state index contributed by atoms with van der Waals surface area (Å²) in [7, 11) is 0. The number of nitrogens with zero attached hydrogens (tertiary/aromatic N) is 1. The van der Waals surface area contributed by atoms with Crippen molar-refractivity contribution in [3.8, 4) is 5.75 Å². The van der Waals surface area contributed by atoms with Crippen molar-refractivity contribution in [3.05, 3.63) is 40.4 Å². The molecule has 1 saturated heterocycles. The van der Waals surface area contributed by atoms with Crippen molar-refractivity contribution in [3.63, 3.8) is 0 Å². The molecule has 0 aliphatic carbocycles. The molecule has 1 aliphatic rings. The summed E-state index contributed by atoms with van der Waals surface area (Å²) in [6, 6.07) is 9.97. The molecule has 2 N–H and O–H groups in total. The number of nitrogens with one attached hydrogen (secondary N) is 1. The van der Waals surface area contributed by atoms with Crippen LogP contribution in [0.2, 0.25) is 0 Å². The van der Waals surface area contributed by atoms with Crippen LogP contribution >= 0.6 is 15.9 Å². The fourth-order valence-electron chi connectivity index (χ4n) is 2.61. The highest BCUT2D eigenvalue weighted by atomic mass is 79.9. The number of hydrogen-bond donors (Lipinski definition) is 2. The van der Waals surface area contributed by atoms with Gasteiger partial charge in [0.05, 0.1) is 0 Å². The predicted octanol–water partition coefficient (Wildman–Crippen LogP) is 2.71. The third-order valence-corrected chi connectivity index (χ3v) is 4.15. The fourth-order valence-corrected chi connectivity index (χ4v) is 2.99. The van der Waals surface area contributed by atoms with E-state index in [4.69, 9.17) is 0 Å². The topological polar surface area (TPSA) is 35.5 Å². The van der Waals surface area contributed by atoms with Gasteiger partial charge in [0.2, 0.25) is 0 Å². The third kappa shape index (κ3) is 2.76. The highest BCUT2D eigenvalue weighted by Gasteiger charge is 2.14. The first kappa shape index (κ1) is 12.9. The number of fused-ring (bicyclic) bond motifs is 1. The second-order valence-electron chi connectivity index (χ2n) is 4.95. The number of benzene rings is 2. The van der Waals surface area contributed by atoms with E-state index in [1.165, 1.54) is 0 Å². The van der Waals surface area contributed by atoms with Crippen LogP contribution in [-0.4, -0.2) is 36.2 Å². The lowest BCUT2D eigenvalue weighted by Crippen LogP contribution is -2.42. The standard InChI is InChI=1S/C15H17BrN2O/c16-12-2-3-13-11(9-12)1-4-15(19)14(13)10-18-7-5-17-6-8-18/h1-4,9,17,19H,5-8,10H2. The molecule has 3 nitrogen and oxygen atoms in total. The van der Waals surface area contributed by atoms with Crippen molar-refractivity contribution in [2.75, 3.05) is 26.2 Å². The maximum Gasteiger partial charge on any atom is 0.120 e. The summed E-state index contributed by atoms with van der Waals surface area (Å²) in [5.41, 5.74) is 1.03. The molecule has 0 unspecified atom stereocenters. The molecule has 3 rings (SSSR count). The molecule has 0 saturated carbocycles. The van der Waals surface area contributed by atoms with Gasteiger partial charge in [0.1, 0.15) is 5.75 Å². The van der Waals surface area contributed by atoms with E-state index in [1.807, 2.05) is 12.1 Å². The summed E-state index contributed by atoms with van der Waals surface area (Å²) in [5, 5.41) is 15.8. The van der Waals surface area contributed by atoms with Crippen LogP contribution in [0.3, 0.4) is 0 Å². The van der Waals surface area contributed by atoms with Gasteiger partial charge in [-0.05, 0) is 29.0 Å². The zero-order valence-corrected chi connectivity index (χ0v) is 12.3. The van der Waals surface area contributed by atoms with E-state index < -0.39 is 0 Å². The van der Waals surface area contributed by atoms with Crippen LogP contribution in [0.15, 0.2) is 34.8 Å². The predicted molar refractivity (Wildman–Crippen MR) is 81.5 cm³/mol. The minimum absolute atomic E-state index is 0.397. The number of rotatable bonds is 2. The Morgan fingerprint density at radius 1 is 1.16 bits per heavy atom. The molecular weight excluding hydrogens is 304 g/mol. The summed E-state index contributed by atoms with van der Waals surface area (Å²) < 4.78 is 1.07. The lowest BCUT2D eigenvalue weighted by Gasteiger charge is -2.27. The van der Waals surface area contributed by atoms with Gasteiger partial charge >= 0.3 is 0 Å². The molecule has 2 aromatic rings. The van der Waals surface area contributed by atoms with Gasteiger partial charge in [-0.3, -0.25) is 4.90 Å². The summed E-state index contributed by atoms with van der Waals surface area (Å²) in [5.74, 6) is 0.397. The zero-order valence-electron chi connectivity index (χ0n) is 10.7. The molecule has 0 bridgehead atoms. The molecule has 1 aliphatic heterocycles. The lowest BCUT2D eigenvalue weighted by atomic mass is 10.0. The molecular formula is C15H17BrN2O. The minimum Gasteiger partial charge on any atom is -0.508 e. The van der Waals surface area contributed by atoms with Gasteiger partial charge in [-0.2, -0.15) is 0 Å². The quantitative estimate of drug-likeness (QED) is 0.893. The molecule has 0 radical (unpaired) electrons. The molecule has 0 spiro atoms. The normalized spacial score (nSPS) is 16.9. The summed E-state index contributed by atoms with van der Waals surface area (Å²) in [4.78, 5) is 2.38. The van der Waals surface area contributed by atoms with Crippen molar-refractivity contribution in [2.24, 2.45) is 0 Å². The van der Waals surface area contributed by atoms with E-state index in [9.17, 15) is 5.11 Å². The first-order valence-corrected chi connectivity index (χ1v) is 7.36. The minimum atomic E-state index is 0.397. The number of piperazine rings is 1. The maximum absolute atomic E-state index is 10.2. The Morgan fingerprint density at radius 2 is 1.95 bits per heavy atom. The highest BCUT2D eigenvalue weighted by Crippen LogP contribution is 2.30. The van der Waals surface area contributed by atoms with Crippen LogP contribution in [0, 0.1) is 0 Å². The van der Waals surface area contributed by atoms with E-state index in [1.54, 1.807) is 6.07 Å². The second-order valence-corrected chi connectivity index (χ2v) is 5.87. The second kappa shape index (κ2) is 5.49. The Morgan fingerprint density at radius 3 is 2.74 bits per heavy atom. The SMILES string of the molecule is Oc1ccc2cc(Br)ccc2c1CN1CCNCC1. The van der Waals surface area contributed by atoms with Gasteiger partial charge in [-0.1, -0.05) is 28.1 Å². The smallest absolute Gasteiger partial charge is 0.120 e. The Kier molecular flexibility index (Phi) is 3.73. The maximum atomic E-state index is 10.2.